The van der Waals surface area contributed by atoms with Gasteiger partial charge in [-0.2, -0.15) is 0 Å². The van der Waals surface area contributed by atoms with Gasteiger partial charge in [-0.05, 0) is 50.3 Å². The Kier molecular flexibility index (Phi) is 7.63. The van der Waals surface area contributed by atoms with E-state index < -0.39 is 0 Å². The summed E-state index contributed by atoms with van der Waals surface area (Å²) in [6.45, 7) is 5.21. The summed E-state index contributed by atoms with van der Waals surface area (Å²) in [4.78, 5) is 11.4. The van der Waals surface area contributed by atoms with Crippen LogP contribution in [0.2, 0.25) is 0 Å². The molecule has 3 N–H and O–H groups in total. The molecule has 0 radical (unpaired) electrons. The average molecular weight is 435 g/mol. The topological polar surface area (TPSA) is 64.6 Å². The van der Waals surface area contributed by atoms with Gasteiger partial charge in [-0.15, -0.1) is 0 Å². The minimum absolute atomic E-state index is 0.120. The highest BCUT2D eigenvalue weighted by Crippen LogP contribution is 2.32. The zero-order valence-corrected chi connectivity index (χ0v) is 19.6. The highest BCUT2D eigenvalue weighted by atomic mass is 15.2. The fourth-order valence-corrected chi connectivity index (χ4v) is 5.14. The molecule has 0 spiro atoms. The van der Waals surface area contributed by atoms with Crippen molar-refractivity contribution in [3.8, 4) is 0 Å². The minimum atomic E-state index is 0.120. The van der Waals surface area contributed by atoms with Crippen LogP contribution in [0.1, 0.15) is 57.1 Å². The Balaban J connectivity index is 1.28. The highest BCUT2D eigenvalue weighted by Gasteiger charge is 2.35. The smallest absolute Gasteiger partial charge is 0.191 e. The number of anilines is 1. The third-order valence-corrected chi connectivity index (χ3v) is 7.01. The van der Waals surface area contributed by atoms with Crippen LogP contribution in [0.15, 0.2) is 59.7 Å². The maximum atomic E-state index is 4.53. The highest BCUT2D eigenvalue weighted by molar-refractivity contribution is 5.80. The lowest BCUT2D eigenvalue weighted by Gasteiger charge is -2.36. The molecule has 32 heavy (non-hydrogen) atoms. The van der Waals surface area contributed by atoms with Gasteiger partial charge in [0.1, 0.15) is 5.82 Å². The molecule has 2 aliphatic rings. The molecule has 2 fully saturated rings. The van der Waals surface area contributed by atoms with Crippen LogP contribution in [0.5, 0.6) is 0 Å². The molecule has 0 amide bonds. The lowest BCUT2D eigenvalue weighted by Crippen LogP contribution is -2.56. The summed E-state index contributed by atoms with van der Waals surface area (Å²) in [5.41, 5.74) is 1.47. The van der Waals surface area contributed by atoms with Gasteiger partial charge in [0.05, 0.1) is 0 Å². The van der Waals surface area contributed by atoms with Gasteiger partial charge in [0.2, 0.25) is 0 Å². The first-order chi connectivity index (χ1) is 15.7. The van der Waals surface area contributed by atoms with Crippen molar-refractivity contribution >= 4 is 11.8 Å². The Morgan fingerprint density at radius 2 is 1.81 bits per heavy atom. The fourth-order valence-electron chi connectivity index (χ4n) is 5.14. The Morgan fingerprint density at radius 1 is 1.09 bits per heavy atom. The summed E-state index contributed by atoms with van der Waals surface area (Å²) >= 11 is 0. The van der Waals surface area contributed by atoms with Crippen LogP contribution in [-0.2, 0) is 0 Å². The molecule has 1 aromatic carbocycles. The van der Waals surface area contributed by atoms with Gasteiger partial charge in [0.25, 0.3) is 0 Å². The molecule has 6 heteroatoms. The van der Waals surface area contributed by atoms with Crippen molar-refractivity contribution < 1.29 is 0 Å². The quantitative estimate of drug-likeness (QED) is 0.456. The molecule has 6 nitrogen and oxygen atoms in total. The van der Waals surface area contributed by atoms with Crippen LogP contribution in [0, 0.1) is 0 Å². The van der Waals surface area contributed by atoms with E-state index in [4.69, 9.17) is 0 Å². The van der Waals surface area contributed by atoms with Crippen LogP contribution in [0.4, 0.5) is 5.82 Å². The van der Waals surface area contributed by atoms with Crippen LogP contribution in [-0.4, -0.2) is 49.2 Å². The molecule has 1 saturated carbocycles. The van der Waals surface area contributed by atoms with Crippen LogP contribution >= 0.6 is 0 Å². The first-order valence-corrected chi connectivity index (χ1v) is 12.1. The van der Waals surface area contributed by atoms with Crippen LogP contribution in [0.25, 0.3) is 0 Å². The number of benzene rings is 1. The van der Waals surface area contributed by atoms with E-state index in [1.165, 1.54) is 31.2 Å². The van der Waals surface area contributed by atoms with E-state index in [1.807, 2.05) is 19.3 Å². The standard InChI is InChI=1S/C26H38N6/c1-21(22-10-4-3-5-11-22)31-26(15-7-8-16-26)20-29-25(27-2)30-23-13-18-32(19-14-23)24-12-6-9-17-28-24/h3-6,9-12,17,21,23,31H,7-8,13-16,18-20H2,1-2H3,(H2,27,29,30). The summed E-state index contributed by atoms with van der Waals surface area (Å²) in [5.74, 6) is 2.00. The Labute approximate surface area is 192 Å². The predicted molar refractivity (Wildman–Crippen MR) is 133 cm³/mol. The number of hydrogen-bond acceptors (Lipinski definition) is 4. The SMILES string of the molecule is CN=C(NCC1(NC(C)c2ccccc2)CCCC1)NC1CCN(c2ccccn2)CC1. The van der Waals surface area contributed by atoms with E-state index in [0.717, 1.165) is 44.3 Å². The molecular formula is C26H38N6. The zero-order valence-electron chi connectivity index (χ0n) is 19.6. The number of pyridine rings is 1. The fraction of sp³-hybridized carbons (Fsp3) is 0.538. The maximum absolute atomic E-state index is 4.53. The van der Waals surface area contributed by atoms with Gasteiger partial charge in [0.15, 0.2) is 5.96 Å². The maximum Gasteiger partial charge on any atom is 0.191 e. The van der Waals surface area contributed by atoms with Crippen molar-refractivity contribution in [2.75, 3.05) is 31.6 Å². The van der Waals surface area contributed by atoms with Crippen molar-refractivity contribution in [3.05, 3.63) is 60.3 Å². The first kappa shape index (κ1) is 22.6. The van der Waals surface area contributed by atoms with Crippen LogP contribution in [0.3, 0.4) is 0 Å². The molecule has 0 bridgehead atoms. The van der Waals surface area contributed by atoms with E-state index in [2.05, 4.69) is 80.2 Å². The number of hydrogen-bond donors (Lipinski definition) is 3. The van der Waals surface area contributed by atoms with E-state index in [1.54, 1.807) is 0 Å². The predicted octanol–water partition coefficient (Wildman–Crippen LogP) is 3.88. The Bertz CT molecular complexity index is 839. The van der Waals surface area contributed by atoms with E-state index in [0.29, 0.717) is 12.1 Å². The van der Waals surface area contributed by atoms with Gasteiger partial charge in [-0.25, -0.2) is 4.98 Å². The molecule has 2 heterocycles. The molecule has 1 aliphatic heterocycles. The van der Waals surface area contributed by atoms with Crippen molar-refractivity contribution in [3.63, 3.8) is 0 Å². The summed E-state index contributed by atoms with van der Waals surface area (Å²) in [7, 11) is 1.87. The number of guanidine groups is 1. The summed E-state index contributed by atoms with van der Waals surface area (Å²) < 4.78 is 0. The summed E-state index contributed by atoms with van der Waals surface area (Å²) in [5, 5.41) is 11.3. The Morgan fingerprint density at radius 3 is 2.47 bits per heavy atom. The van der Waals surface area contributed by atoms with Gasteiger partial charge in [-0.1, -0.05) is 49.2 Å². The zero-order chi connectivity index (χ0) is 22.2. The number of rotatable bonds is 7. The molecule has 1 aliphatic carbocycles. The average Bonchev–Trinajstić information content (AvgIpc) is 3.31. The van der Waals surface area contributed by atoms with E-state index >= 15 is 0 Å². The second-order valence-corrected chi connectivity index (χ2v) is 9.28. The molecule has 172 valence electrons. The molecule has 1 aromatic heterocycles. The van der Waals surface area contributed by atoms with Crippen molar-refractivity contribution in [2.45, 2.75) is 63.1 Å². The lowest BCUT2D eigenvalue weighted by atomic mass is 9.94. The van der Waals surface area contributed by atoms with Crippen molar-refractivity contribution in [1.29, 1.82) is 0 Å². The molecule has 4 rings (SSSR count). The lowest BCUT2D eigenvalue weighted by molar-refractivity contribution is 0.296. The third-order valence-electron chi connectivity index (χ3n) is 7.01. The van der Waals surface area contributed by atoms with Gasteiger partial charge in [-0.3, -0.25) is 4.99 Å². The largest absolute Gasteiger partial charge is 0.356 e. The minimum Gasteiger partial charge on any atom is -0.356 e. The number of nitrogens with one attached hydrogen (secondary N) is 3. The normalized spacial score (nSPS) is 20.2. The first-order valence-electron chi connectivity index (χ1n) is 12.1. The molecular weight excluding hydrogens is 396 g/mol. The third kappa shape index (κ3) is 5.80. The van der Waals surface area contributed by atoms with Gasteiger partial charge >= 0.3 is 0 Å². The Hall–Kier alpha value is -2.60. The van der Waals surface area contributed by atoms with Crippen molar-refractivity contribution in [1.82, 2.24) is 20.9 Å². The van der Waals surface area contributed by atoms with E-state index in [-0.39, 0.29) is 5.54 Å². The monoisotopic (exact) mass is 434 g/mol. The second-order valence-electron chi connectivity index (χ2n) is 9.28. The number of aromatic nitrogens is 1. The molecule has 2 aromatic rings. The molecule has 1 atom stereocenters. The van der Waals surface area contributed by atoms with Gasteiger partial charge in [0, 0.05) is 50.5 Å². The summed E-state index contributed by atoms with van der Waals surface area (Å²) in [6, 6.07) is 17.7. The number of piperidine rings is 1. The van der Waals surface area contributed by atoms with Gasteiger partial charge < -0.3 is 20.9 Å². The number of aliphatic imine (C=N–C) groups is 1. The van der Waals surface area contributed by atoms with E-state index in [9.17, 15) is 0 Å². The molecule has 1 saturated heterocycles. The summed E-state index contributed by atoms with van der Waals surface area (Å²) in [6.07, 6.45) is 9.03. The molecule has 1 unspecified atom stereocenters. The number of nitrogens with zero attached hydrogens (tertiary/aromatic N) is 3. The second kappa shape index (κ2) is 10.8. The van der Waals surface area contributed by atoms with Crippen LogP contribution < -0.4 is 20.9 Å². The van der Waals surface area contributed by atoms with Crippen molar-refractivity contribution in [2.24, 2.45) is 4.99 Å².